The molecule has 30 heavy (non-hydrogen) atoms. The van der Waals surface area contributed by atoms with Crippen LogP contribution in [0.2, 0.25) is 5.02 Å². The molecule has 0 aromatic heterocycles. The average Bonchev–Trinajstić information content (AvgIpc) is 2.75. The van der Waals surface area contributed by atoms with Gasteiger partial charge in [-0.3, -0.25) is 4.79 Å². The number of nitrogens with one attached hydrogen (secondary N) is 1. The van der Waals surface area contributed by atoms with E-state index in [0.29, 0.717) is 16.3 Å². The first-order chi connectivity index (χ1) is 14.5. The highest BCUT2D eigenvalue weighted by atomic mass is 127. The maximum Gasteiger partial charge on any atom is 0.251 e. The summed E-state index contributed by atoms with van der Waals surface area (Å²) in [5, 5.41) is 12.6. The number of halogens is 2. The molecule has 5 nitrogen and oxygen atoms in total. The third-order valence-corrected chi connectivity index (χ3v) is 6.94. The molecule has 2 aliphatic rings. The van der Waals surface area contributed by atoms with Gasteiger partial charge in [0.1, 0.15) is 11.8 Å². The van der Waals surface area contributed by atoms with Crippen LogP contribution in [0, 0.1) is 11.3 Å². The lowest BCUT2D eigenvalue weighted by Crippen LogP contribution is -2.39. The predicted octanol–water partition coefficient (Wildman–Crippen LogP) is 5.04. The fraction of sp³-hybridized carbons (Fsp3) is 0.391. The molecule has 7 heteroatoms. The molecule has 1 N–H and O–H groups in total. The maximum absolute atomic E-state index is 12.7. The van der Waals surface area contributed by atoms with E-state index in [1.54, 1.807) is 18.2 Å². The van der Waals surface area contributed by atoms with Gasteiger partial charge >= 0.3 is 0 Å². The van der Waals surface area contributed by atoms with Gasteiger partial charge < -0.3 is 10.1 Å². The van der Waals surface area contributed by atoms with Gasteiger partial charge in [0.15, 0.2) is 0 Å². The van der Waals surface area contributed by atoms with Crippen molar-refractivity contribution in [3.63, 3.8) is 0 Å². The lowest BCUT2D eigenvalue weighted by Gasteiger charge is -2.30. The van der Waals surface area contributed by atoms with Crippen LogP contribution in [0.1, 0.15) is 52.7 Å². The zero-order valence-corrected chi connectivity index (χ0v) is 19.4. The summed E-state index contributed by atoms with van der Waals surface area (Å²) >= 11 is 8.43. The number of benzene rings is 2. The van der Waals surface area contributed by atoms with Gasteiger partial charge in [-0.25, -0.2) is 3.11 Å². The molecular formula is C23H23ClIN3O2. The van der Waals surface area contributed by atoms with Gasteiger partial charge in [0.2, 0.25) is 0 Å². The van der Waals surface area contributed by atoms with Gasteiger partial charge in [-0.1, -0.05) is 17.7 Å². The van der Waals surface area contributed by atoms with E-state index in [2.05, 4.69) is 49.5 Å². The molecule has 1 heterocycles. The highest BCUT2D eigenvalue weighted by Gasteiger charge is 2.25. The van der Waals surface area contributed by atoms with Crippen LogP contribution in [0.15, 0.2) is 36.4 Å². The van der Waals surface area contributed by atoms with E-state index in [-0.39, 0.29) is 18.1 Å². The Morgan fingerprint density at radius 3 is 2.70 bits per heavy atom. The summed E-state index contributed by atoms with van der Waals surface area (Å²) in [6, 6.07) is 13.5. The smallest absolute Gasteiger partial charge is 0.251 e. The van der Waals surface area contributed by atoms with Gasteiger partial charge in [-0.2, -0.15) is 5.26 Å². The predicted molar refractivity (Wildman–Crippen MR) is 125 cm³/mol. The number of fused-ring (bicyclic) bond motifs is 1. The van der Waals surface area contributed by atoms with E-state index in [9.17, 15) is 4.79 Å². The van der Waals surface area contributed by atoms with Crippen molar-refractivity contribution in [1.82, 2.24) is 8.43 Å². The Hall–Kier alpha value is -1.82. The molecule has 2 aromatic carbocycles. The molecule has 2 aromatic rings. The molecule has 1 aliphatic heterocycles. The van der Waals surface area contributed by atoms with E-state index in [1.165, 1.54) is 11.1 Å². The summed E-state index contributed by atoms with van der Waals surface area (Å²) in [5.41, 5.74) is 3.80. The standard InChI is InChI=1S/C23H23ClIN3O2/c24-22-12-21(6-3-17(22)13-26)30-20-7-4-19(5-8-20)27-23(29)16-1-2-18-14-28(25)10-9-15(18)11-16/h1-3,6,11-12,19-20H,4-5,7-10,14H2,(H,27,29). The highest BCUT2D eigenvalue weighted by Crippen LogP contribution is 2.28. The lowest BCUT2D eigenvalue weighted by atomic mass is 9.92. The summed E-state index contributed by atoms with van der Waals surface area (Å²) < 4.78 is 8.30. The number of nitriles is 1. The number of rotatable bonds is 4. The molecule has 0 saturated heterocycles. The number of ether oxygens (including phenoxy) is 1. The van der Waals surface area contributed by atoms with Gasteiger partial charge in [-0.15, -0.1) is 0 Å². The molecule has 0 radical (unpaired) electrons. The second-order valence-corrected chi connectivity index (χ2v) is 9.67. The lowest BCUT2D eigenvalue weighted by molar-refractivity contribution is 0.0893. The molecule has 0 spiro atoms. The second-order valence-electron chi connectivity index (χ2n) is 7.90. The Bertz CT molecular complexity index is 983. The van der Waals surface area contributed by atoms with Crippen molar-refractivity contribution in [2.75, 3.05) is 6.54 Å². The van der Waals surface area contributed by atoms with Gasteiger partial charge in [0.05, 0.1) is 16.7 Å². The van der Waals surface area contributed by atoms with Crippen molar-refractivity contribution in [3.05, 3.63) is 63.7 Å². The molecule has 4 rings (SSSR count). The van der Waals surface area contributed by atoms with E-state index in [0.717, 1.165) is 50.8 Å². The summed E-state index contributed by atoms with van der Waals surface area (Å²) in [5.74, 6) is 0.698. The van der Waals surface area contributed by atoms with Crippen LogP contribution in [-0.4, -0.2) is 27.7 Å². The van der Waals surface area contributed by atoms with E-state index in [1.807, 2.05) is 6.07 Å². The first-order valence-electron chi connectivity index (χ1n) is 10.2. The fourth-order valence-electron chi connectivity index (χ4n) is 4.11. The summed E-state index contributed by atoms with van der Waals surface area (Å²) in [6.07, 6.45) is 4.60. The molecule has 0 bridgehead atoms. The normalized spacial score (nSPS) is 21.4. The van der Waals surface area contributed by atoms with Crippen molar-refractivity contribution >= 4 is 40.4 Å². The zero-order valence-electron chi connectivity index (χ0n) is 16.5. The number of amides is 1. The fourth-order valence-corrected chi connectivity index (χ4v) is 4.93. The molecule has 0 unspecified atom stereocenters. The first kappa shape index (κ1) is 21.4. The third-order valence-electron chi connectivity index (χ3n) is 5.81. The molecule has 1 fully saturated rings. The molecule has 1 saturated carbocycles. The van der Waals surface area contributed by atoms with Crippen molar-refractivity contribution in [3.8, 4) is 11.8 Å². The Balaban J connectivity index is 1.29. The molecule has 1 aliphatic carbocycles. The van der Waals surface area contributed by atoms with E-state index in [4.69, 9.17) is 21.6 Å². The number of nitrogens with zero attached hydrogens (tertiary/aromatic N) is 2. The van der Waals surface area contributed by atoms with Crippen molar-refractivity contribution < 1.29 is 9.53 Å². The Labute approximate surface area is 195 Å². The van der Waals surface area contributed by atoms with Crippen molar-refractivity contribution in [2.24, 2.45) is 0 Å². The summed E-state index contributed by atoms with van der Waals surface area (Å²) in [4.78, 5) is 12.7. The van der Waals surface area contributed by atoms with Gasteiger partial charge in [-0.05, 0) is 67.5 Å². The van der Waals surface area contributed by atoms with Crippen LogP contribution in [0.25, 0.3) is 0 Å². The Morgan fingerprint density at radius 1 is 1.17 bits per heavy atom. The number of hydrogen-bond acceptors (Lipinski definition) is 4. The summed E-state index contributed by atoms with van der Waals surface area (Å²) in [6.45, 7) is 1.96. The Kier molecular flexibility index (Phi) is 6.81. The largest absolute Gasteiger partial charge is 0.490 e. The quantitative estimate of drug-likeness (QED) is 0.440. The molecule has 0 atom stereocenters. The van der Waals surface area contributed by atoms with Crippen LogP contribution < -0.4 is 10.1 Å². The first-order valence-corrected chi connectivity index (χ1v) is 11.6. The number of hydrogen-bond donors (Lipinski definition) is 1. The van der Waals surface area contributed by atoms with Crippen LogP contribution in [-0.2, 0) is 13.0 Å². The SMILES string of the molecule is N#Cc1ccc(OC2CCC(NC(=O)c3ccc4c(c3)CCN(I)C4)CC2)cc1Cl. The van der Waals surface area contributed by atoms with Gasteiger partial charge in [0.25, 0.3) is 5.91 Å². The van der Waals surface area contributed by atoms with Gasteiger partial charge in [0, 0.05) is 53.6 Å². The molecule has 156 valence electrons. The maximum atomic E-state index is 12.7. The second kappa shape index (κ2) is 9.54. The summed E-state index contributed by atoms with van der Waals surface area (Å²) in [7, 11) is 0. The average molecular weight is 536 g/mol. The zero-order chi connectivity index (χ0) is 21.1. The Morgan fingerprint density at radius 2 is 1.97 bits per heavy atom. The van der Waals surface area contributed by atoms with Crippen molar-refractivity contribution in [1.29, 1.82) is 5.26 Å². The number of carbonyl (C=O) groups excluding carboxylic acids is 1. The van der Waals surface area contributed by atoms with Crippen LogP contribution >= 0.6 is 34.5 Å². The van der Waals surface area contributed by atoms with Crippen LogP contribution in [0.3, 0.4) is 0 Å². The van der Waals surface area contributed by atoms with Crippen LogP contribution in [0.5, 0.6) is 5.75 Å². The van der Waals surface area contributed by atoms with Crippen molar-refractivity contribution in [2.45, 2.75) is 50.8 Å². The minimum absolute atomic E-state index is 0.0120. The molecule has 1 amide bonds. The highest BCUT2D eigenvalue weighted by molar-refractivity contribution is 14.1. The minimum atomic E-state index is 0.0120. The monoisotopic (exact) mass is 535 g/mol. The van der Waals surface area contributed by atoms with E-state index < -0.39 is 0 Å². The molecular weight excluding hydrogens is 513 g/mol. The van der Waals surface area contributed by atoms with E-state index >= 15 is 0 Å². The third kappa shape index (κ3) is 5.08. The number of carbonyl (C=O) groups is 1. The van der Waals surface area contributed by atoms with Crippen LogP contribution in [0.4, 0.5) is 0 Å². The topological polar surface area (TPSA) is 65.4 Å². The minimum Gasteiger partial charge on any atom is -0.490 e.